The summed E-state index contributed by atoms with van der Waals surface area (Å²) in [6, 6.07) is 0.147. The van der Waals surface area contributed by atoms with Crippen LogP contribution in [0.1, 0.15) is 26.2 Å². The first-order chi connectivity index (χ1) is 8.08. The molecule has 1 aliphatic rings. The zero-order valence-corrected chi connectivity index (χ0v) is 10.9. The van der Waals surface area contributed by atoms with Crippen LogP contribution in [0.5, 0.6) is 0 Å². The Balaban J connectivity index is 2.07. The predicted molar refractivity (Wildman–Crippen MR) is 68.3 cm³/mol. The van der Waals surface area contributed by atoms with Crippen LogP contribution in [0.2, 0.25) is 0 Å². The number of carboxylic acids is 1. The molecule has 1 fully saturated rings. The summed E-state index contributed by atoms with van der Waals surface area (Å²) in [6.45, 7) is 2.47. The number of nitrogens with one attached hydrogen (secondary N) is 2. The Morgan fingerprint density at radius 1 is 1.53 bits per heavy atom. The molecule has 17 heavy (non-hydrogen) atoms. The fourth-order valence-corrected chi connectivity index (χ4v) is 2.78. The SMILES string of the molecule is CC(CCC(=O)O)CNC(=O)NC1CCSC1. The summed E-state index contributed by atoms with van der Waals surface area (Å²) in [6.07, 6.45) is 1.78. The van der Waals surface area contributed by atoms with E-state index in [2.05, 4.69) is 10.6 Å². The number of hydrogen-bond donors (Lipinski definition) is 3. The second-order valence-corrected chi connectivity index (χ2v) is 5.60. The summed E-state index contributed by atoms with van der Waals surface area (Å²) in [5.74, 6) is 1.50. The summed E-state index contributed by atoms with van der Waals surface area (Å²) in [7, 11) is 0. The van der Waals surface area contributed by atoms with E-state index >= 15 is 0 Å². The second-order valence-electron chi connectivity index (χ2n) is 4.45. The molecule has 2 unspecified atom stereocenters. The van der Waals surface area contributed by atoms with Gasteiger partial charge in [0.2, 0.25) is 0 Å². The minimum absolute atomic E-state index is 0.139. The Bertz CT molecular complexity index is 267. The molecule has 1 rings (SSSR count). The summed E-state index contributed by atoms with van der Waals surface area (Å²) < 4.78 is 0. The van der Waals surface area contributed by atoms with E-state index in [1.807, 2.05) is 18.7 Å². The zero-order chi connectivity index (χ0) is 12.7. The van der Waals surface area contributed by atoms with Crippen LogP contribution >= 0.6 is 11.8 Å². The molecule has 0 saturated carbocycles. The lowest BCUT2D eigenvalue weighted by Gasteiger charge is -2.15. The number of urea groups is 1. The van der Waals surface area contributed by atoms with E-state index in [0.29, 0.717) is 13.0 Å². The molecule has 0 aromatic rings. The van der Waals surface area contributed by atoms with Crippen molar-refractivity contribution in [2.45, 2.75) is 32.2 Å². The average molecular weight is 260 g/mol. The van der Waals surface area contributed by atoms with E-state index in [4.69, 9.17) is 5.11 Å². The molecule has 98 valence electrons. The number of carbonyl (C=O) groups excluding carboxylic acids is 1. The van der Waals surface area contributed by atoms with E-state index in [1.54, 1.807) is 0 Å². The monoisotopic (exact) mass is 260 g/mol. The molecular formula is C11H20N2O3S. The molecule has 0 aliphatic carbocycles. The summed E-state index contributed by atoms with van der Waals surface area (Å²) in [5, 5.41) is 14.2. The standard InChI is InChI=1S/C11H20N2O3S/c1-8(2-3-10(14)15)6-12-11(16)13-9-4-5-17-7-9/h8-9H,2-7H2,1H3,(H,14,15)(H2,12,13,16). The predicted octanol–water partition coefficient (Wildman–Crippen LogP) is 1.29. The van der Waals surface area contributed by atoms with E-state index in [1.165, 1.54) is 0 Å². The van der Waals surface area contributed by atoms with Crippen LogP contribution in [-0.2, 0) is 4.79 Å². The normalized spacial score (nSPS) is 20.9. The van der Waals surface area contributed by atoms with E-state index < -0.39 is 5.97 Å². The Hall–Kier alpha value is -0.910. The van der Waals surface area contributed by atoms with Crippen LogP contribution in [0, 0.1) is 5.92 Å². The van der Waals surface area contributed by atoms with Gasteiger partial charge in [0.25, 0.3) is 0 Å². The van der Waals surface area contributed by atoms with Gasteiger partial charge in [-0.2, -0.15) is 11.8 Å². The van der Waals surface area contributed by atoms with E-state index in [9.17, 15) is 9.59 Å². The van der Waals surface area contributed by atoms with Crippen LogP contribution in [0.4, 0.5) is 4.79 Å². The van der Waals surface area contributed by atoms with E-state index in [-0.39, 0.29) is 24.4 Å². The highest BCUT2D eigenvalue weighted by molar-refractivity contribution is 7.99. The van der Waals surface area contributed by atoms with Crippen LogP contribution in [-0.4, -0.2) is 41.2 Å². The lowest BCUT2D eigenvalue weighted by molar-refractivity contribution is -0.137. The Kier molecular flexibility index (Phi) is 6.18. The van der Waals surface area contributed by atoms with Gasteiger partial charge in [0.05, 0.1) is 0 Å². The Morgan fingerprint density at radius 3 is 2.88 bits per heavy atom. The summed E-state index contributed by atoms with van der Waals surface area (Å²) >= 11 is 1.85. The van der Waals surface area contributed by atoms with Crippen LogP contribution < -0.4 is 10.6 Å². The van der Waals surface area contributed by atoms with Crippen molar-refractivity contribution >= 4 is 23.8 Å². The number of thioether (sulfide) groups is 1. The number of amides is 2. The third-order valence-electron chi connectivity index (χ3n) is 2.73. The van der Waals surface area contributed by atoms with Crippen LogP contribution in [0.25, 0.3) is 0 Å². The summed E-state index contributed by atoms with van der Waals surface area (Å²) in [4.78, 5) is 21.9. The molecule has 1 saturated heterocycles. The van der Waals surface area contributed by atoms with Crippen molar-refractivity contribution in [3.63, 3.8) is 0 Å². The van der Waals surface area contributed by atoms with Crippen molar-refractivity contribution in [3.8, 4) is 0 Å². The highest BCUT2D eigenvalue weighted by atomic mass is 32.2. The maximum Gasteiger partial charge on any atom is 0.315 e. The number of aliphatic carboxylic acids is 1. The molecule has 0 bridgehead atoms. The minimum Gasteiger partial charge on any atom is -0.481 e. The van der Waals surface area contributed by atoms with Gasteiger partial charge in [0.15, 0.2) is 0 Å². The van der Waals surface area contributed by atoms with E-state index in [0.717, 1.165) is 17.9 Å². The molecule has 6 heteroatoms. The molecule has 5 nitrogen and oxygen atoms in total. The third kappa shape index (κ3) is 6.41. The Morgan fingerprint density at radius 2 is 2.29 bits per heavy atom. The molecule has 0 radical (unpaired) electrons. The first kappa shape index (κ1) is 14.2. The van der Waals surface area contributed by atoms with Gasteiger partial charge < -0.3 is 15.7 Å². The smallest absolute Gasteiger partial charge is 0.315 e. The maximum atomic E-state index is 11.5. The first-order valence-corrected chi connectivity index (χ1v) is 7.07. The fraction of sp³-hybridized carbons (Fsp3) is 0.818. The highest BCUT2D eigenvalue weighted by Gasteiger charge is 2.17. The quantitative estimate of drug-likeness (QED) is 0.672. The number of carboxylic acid groups (broad SMARTS) is 1. The van der Waals surface area contributed by atoms with Crippen molar-refractivity contribution in [1.29, 1.82) is 0 Å². The molecule has 2 atom stereocenters. The van der Waals surface area contributed by atoms with Gasteiger partial charge in [-0.1, -0.05) is 6.92 Å². The van der Waals surface area contributed by atoms with Crippen molar-refractivity contribution in [2.24, 2.45) is 5.92 Å². The average Bonchev–Trinajstić information content (AvgIpc) is 2.76. The van der Waals surface area contributed by atoms with Gasteiger partial charge in [0.1, 0.15) is 0 Å². The van der Waals surface area contributed by atoms with Crippen molar-refractivity contribution in [1.82, 2.24) is 10.6 Å². The van der Waals surface area contributed by atoms with Gasteiger partial charge in [-0.25, -0.2) is 4.79 Å². The lowest BCUT2D eigenvalue weighted by atomic mass is 10.1. The molecule has 1 heterocycles. The van der Waals surface area contributed by atoms with Crippen molar-refractivity contribution < 1.29 is 14.7 Å². The van der Waals surface area contributed by atoms with Gasteiger partial charge in [0, 0.05) is 24.8 Å². The molecule has 0 spiro atoms. The van der Waals surface area contributed by atoms with Crippen molar-refractivity contribution in [3.05, 3.63) is 0 Å². The van der Waals surface area contributed by atoms with Crippen LogP contribution in [0.15, 0.2) is 0 Å². The molecule has 1 aliphatic heterocycles. The first-order valence-electron chi connectivity index (χ1n) is 5.92. The largest absolute Gasteiger partial charge is 0.481 e. The molecule has 3 N–H and O–H groups in total. The third-order valence-corrected chi connectivity index (χ3v) is 3.89. The van der Waals surface area contributed by atoms with Crippen molar-refractivity contribution in [2.75, 3.05) is 18.1 Å². The number of hydrogen-bond acceptors (Lipinski definition) is 3. The topological polar surface area (TPSA) is 78.4 Å². The summed E-state index contributed by atoms with van der Waals surface area (Å²) in [5.41, 5.74) is 0. The van der Waals surface area contributed by atoms with Crippen LogP contribution in [0.3, 0.4) is 0 Å². The fourth-order valence-electron chi connectivity index (χ4n) is 1.62. The molecular weight excluding hydrogens is 240 g/mol. The van der Waals surface area contributed by atoms with Gasteiger partial charge >= 0.3 is 12.0 Å². The maximum absolute atomic E-state index is 11.5. The zero-order valence-electron chi connectivity index (χ0n) is 10.1. The number of carbonyl (C=O) groups is 2. The molecule has 0 aromatic heterocycles. The van der Waals surface area contributed by atoms with Gasteiger partial charge in [-0.05, 0) is 24.5 Å². The molecule has 2 amide bonds. The van der Waals surface area contributed by atoms with Gasteiger partial charge in [-0.15, -0.1) is 0 Å². The molecule has 0 aromatic carbocycles. The minimum atomic E-state index is -0.788. The number of rotatable bonds is 6. The van der Waals surface area contributed by atoms with Gasteiger partial charge in [-0.3, -0.25) is 4.79 Å². The second kappa shape index (κ2) is 7.42. The highest BCUT2D eigenvalue weighted by Crippen LogP contribution is 2.16. The lowest BCUT2D eigenvalue weighted by Crippen LogP contribution is -2.43. The Labute approximate surface area is 106 Å².